The molecule has 4 heteroatoms. The summed E-state index contributed by atoms with van der Waals surface area (Å²) < 4.78 is 5.42. The van der Waals surface area contributed by atoms with E-state index in [2.05, 4.69) is 15.3 Å². The molecule has 0 aromatic carbocycles. The molecule has 2 rings (SSSR count). The molecule has 0 radical (unpaired) electrons. The van der Waals surface area contributed by atoms with Gasteiger partial charge in [-0.05, 0) is 19.1 Å². The lowest BCUT2D eigenvalue weighted by molar-refractivity contribution is 0.460. The fourth-order valence-electron chi connectivity index (χ4n) is 1.32. The van der Waals surface area contributed by atoms with Gasteiger partial charge in [0.2, 0.25) is 0 Å². The van der Waals surface area contributed by atoms with Gasteiger partial charge >= 0.3 is 0 Å². The van der Waals surface area contributed by atoms with E-state index in [0.717, 1.165) is 17.2 Å². The second kappa shape index (κ2) is 4.70. The Morgan fingerprint density at radius 3 is 2.87 bits per heavy atom. The predicted molar refractivity (Wildman–Crippen MR) is 56.0 cm³/mol. The van der Waals surface area contributed by atoms with Crippen molar-refractivity contribution >= 4 is 0 Å². The van der Waals surface area contributed by atoms with Crippen LogP contribution in [0.25, 0.3) is 0 Å². The summed E-state index contributed by atoms with van der Waals surface area (Å²) in [5, 5.41) is 3.24. The van der Waals surface area contributed by atoms with E-state index in [-0.39, 0.29) is 0 Å². The molecule has 0 amide bonds. The molecule has 0 saturated carbocycles. The maximum absolute atomic E-state index is 5.42. The first-order valence-corrected chi connectivity index (χ1v) is 4.85. The van der Waals surface area contributed by atoms with Crippen LogP contribution in [-0.4, -0.2) is 9.97 Å². The van der Waals surface area contributed by atoms with Gasteiger partial charge in [-0.1, -0.05) is 0 Å². The first-order valence-electron chi connectivity index (χ1n) is 4.85. The highest BCUT2D eigenvalue weighted by molar-refractivity contribution is 5.05. The monoisotopic (exact) mass is 203 g/mol. The lowest BCUT2D eigenvalue weighted by atomic mass is 10.4. The van der Waals surface area contributed by atoms with Gasteiger partial charge in [-0.15, -0.1) is 0 Å². The summed E-state index contributed by atoms with van der Waals surface area (Å²) in [4.78, 5) is 8.15. The molecule has 1 N–H and O–H groups in total. The van der Waals surface area contributed by atoms with Crippen molar-refractivity contribution in [3.8, 4) is 0 Å². The molecule has 2 heterocycles. The summed E-state index contributed by atoms with van der Waals surface area (Å²) in [6, 6.07) is 3.93. The standard InChI is InChI=1S/C11H13N3O/c1-9-2-3-11(15-9)8-13-7-10-6-12-4-5-14-10/h2-6,13H,7-8H2,1H3. The summed E-state index contributed by atoms with van der Waals surface area (Å²) in [6.07, 6.45) is 5.10. The van der Waals surface area contributed by atoms with Gasteiger partial charge in [-0.3, -0.25) is 9.97 Å². The molecule has 0 aliphatic heterocycles. The van der Waals surface area contributed by atoms with Gasteiger partial charge in [0.15, 0.2) is 0 Å². The van der Waals surface area contributed by atoms with Crippen molar-refractivity contribution in [3.05, 3.63) is 47.9 Å². The van der Waals surface area contributed by atoms with E-state index < -0.39 is 0 Å². The number of rotatable bonds is 4. The van der Waals surface area contributed by atoms with Crippen molar-refractivity contribution in [1.82, 2.24) is 15.3 Å². The highest BCUT2D eigenvalue weighted by atomic mass is 16.3. The predicted octanol–water partition coefficient (Wildman–Crippen LogP) is 1.67. The van der Waals surface area contributed by atoms with E-state index in [1.165, 1.54) is 0 Å². The average molecular weight is 203 g/mol. The smallest absolute Gasteiger partial charge is 0.117 e. The van der Waals surface area contributed by atoms with Crippen LogP contribution in [0.5, 0.6) is 0 Å². The third-order valence-corrected chi connectivity index (χ3v) is 2.02. The molecule has 4 nitrogen and oxygen atoms in total. The van der Waals surface area contributed by atoms with E-state index in [9.17, 15) is 0 Å². The van der Waals surface area contributed by atoms with E-state index in [0.29, 0.717) is 13.1 Å². The van der Waals surface area contributed by atoms with Crippen molar-refractivity contribution in [2.24, 2.45) is 0 Å². The molecule has 0 aliphatic carbocycles. The highest BCUT2D eigenvalue weighted by Gasteiger charge is 1.98. The van der Waals surface area contributed by atoms with Crippen LogP contribution < -0.4 is 5.32 Å². The Bertz CT molecular complexity index is 411. The number of nitrogens with zero attached hydrogens (tertiary/aromatic N) is 2. The van der Waals surface area contributed by atoms with E-state index >= 15 is 0 Å². The molecular weight excluding hydrogens is 190 g/mol. The Kier molecular flexibility index (Phi) is 3.09. The molecule has 0 unspecified atom stereocenters. The Labute approximate surface area is 88.4 Å². The second-order valence-electron chi connectivity index (χ2n) is 3.31. The lowest BCUT2D eigenvalue weighted by Crippen LogP contribution is -2.13. The number of furan rings is 1. The van der Waals surface area contributed by atoms with Crippen LogP contribution in [0, 0.1) is 6.92 Å². The molecular formula is C11H13N3O. The van der Waals surface area contributed by atoms with Crippen LogP contribution in [0.2, 0.25) is 0 Å². The molecule has 78 valence electrons. The number of nitrogens with one attached hydrogen (secondary N) is 1. The van der Waals surface area contributed by atoms with Crippen molar-refractivity contribution in [2.75, 3.05) is 0 Å². The van der Waals surface area contributed by atoms with Crippen LogP contribution >= 0.6 is 0 Å². The van der Waals surface area contributed by atoms with Crippen LogP contribution in [0.3, 0.4) is 0 Å². The minimum atomic E-state index is 0.702. The minimum Gasteiger partial charge on any atom is -0.465 e. The zero-order valence-corrected chi connectivity index (χ0v) is 8.60. The zero-order chi connectivity index (χ0) is 10.5. The Morgan fingerprint density at radius 2 is 2.20 bits per heavy atom. The lowest BCUT2D eigenvalue weighted by Gasteiger charge is -2.00. The van der Waals surface area contributed by atoms with E-state index in [1.54, 1.807) is 18.6 Å². The van der Waals surface area contributed by atoms with Gasteiger partial charge in [0.05, 0.1) is 12.2 Å². The molecule has 0 fully saturated rings. The quantitative estimate of drug-likeness (QED) is 0.821. The van der Waals surface area contributed by atoms with Gasteiger partial charge in [-0.25, -0.2) is 0 Å². The number of aromatic nitrogens is 2. The molecule has 2 aromatic rings. The fraction of sp³-hybridized carbons (Fsp3) is 0.273. The Hall–Kier alpha value is -1.68. The molecule has 0 bridgehead atoms. The average Bonchev–Trinajstić information content (AvgIpc) is 2.66. The van der Waals surface area contributed by atoms with Gasteiger partial charge in [-0.2, -0.15) is 0 Å². The number of aryl methyl sites for hydroxylation is 1. The first-order chi connectivity index (χ1) is 7.34. The number of hydrogen-bond donors (Lipinski definition) is 1. The third-order valence-electron chi connectivity index (χ3n) is 2.02. The molecule has 15 heavy (non-hydrogen) atoms. The van der Waals surface area contributed by atoms with Crippen molar-refractivity contribution in [3.63, 3.8) is 0 Å². The SMILES string of the molecule is Cc1ccc(CNCc2cnccn2)o1. The normalized spacial score (nSPS) is 10.5. The maximum atomic E-state index is 5.42. The topological polar surface area (TPSA) is 51.0 Å². The van der Waals surface area contributed by atoms with E-state index in [4.69, 9.17) is 4.42 Å². The summed E-state index contributed by atoms with van der Waals surface area (Å²) in [5.41, 5.74) is 0.931. The van der Waals surface area contributed by atoms with Crippen LogP contribution in [0.4, 0.5) is 0 Å². The molecule has 0 atom stereocenters. The van der Waals surface area contributed by atoms with Crippen LogP contribution in [0.1, 0.15) is 17.2 Å². The summed E-state index contributed by atoms with van der Waals surface area (Å²) >= 11 is 0. The van der Waals surface area contributed by atoms with Gasteiger partial charge in [0, 0.05) is 25.1 Å². The molecule has 0 saturated heterocycles. The summed E-state index contributed by atoms with van der Waals surface area (Å²) in [5.74, 6) is 1.88. The van der Waals surface area contributed by atoms with Gasteiger partial charge in [0.1, 0.15) is 11.5 Å². The Balaban J connectivity index is 1.80. The fourth-order valence-corrected chi connectivity index (χ4v) is 1.32. The second-order valence-corrected chi connectivity index (χ2v) is 3.31. The Morgan fingerprint density at radius 1 is 1.27 bits per heavy atom. The maximum Gasteiger partial charge on any atom is 0.117 e. The highest BCUT2D eigenvalue weighted by Crippen LogP contribution is 2.05. The first kappa shape index (κ1) is 9.86. The van der Waals surface area contributed by atoms with Crippen molar-refractivity contribution in [2.45, 2.75) is 20.0 Å². The van der Waals surface area contributed by atoms with Crippen LogP contribution in [0.15, 0.2) is 35.1 Å². The summed E-state index contributed by atoms with van der Waals surface area (Å²) in [7, 11) is 0. The van der Waals surface area contributed by atoms with Gasteiger partial charge < -0.3 is 9.73 Å². The van der Waals surface area contributed by atoms with Crippen LogP contribution in [-0.2, 0) is 13.1 Å². The zero-order valence-electron chi connectivity index (χ0n) is 8.60. The van der Waals surface area contributed by atoms with Crippen molar-refractivity contribution < 1.29 is 4.42 Å². The van der Waals surface area contributed by atoms with Gasteiger partial charge in [0.25, 0.3) is 0 Å². The third kappa shape index (κ3) is 2.89. The largest absolute Gasteiger partial charge is 0.465 e. The molecule has 2 aromatic heterocycles. The molecule has 0 spiro atoms. The minimum absolute atomic E-state index is 0.702. The van der Waals surface area contributed by atoms with Crippen molar-refractivity contribution in [1.29, 1.82) is 0 Å². The molecule has 0 aliphatic rings. The number of hydrogen-bond acceptors (Lipinski definition) is 4. The van der Waals surface area contributed by atoms with E-state index in [1.807, 2.05) is 19.1 Å². The summed E-state index contributed by atoms with van der Waals surface area (Å²) in [6.45, 7) is 3.35.